The standard InChI is InChI=1S/C21H20O3/c1-23-21(18-13-7-3-8-14-18,24-19-15-9-4-10-16-19)20(22)17-11-5-2-6-12-17/h2-16,20,22H,1H3. The Labute approximate surface area is 142 Å². The molecule has 3 heteroatoms. The summed E-state index contributed by atoms with van der Waals surface area (Å²) in [6.45, 7) is 0. The lowest BCUT2D eigenvalue weighted by Crippen LogP contribution is -2.41. The molecule has 2 atom stereocenters. The zero-order valence-electron chi connectivity index (χ0n) is 13.5. The molecule has 0 aliphatic heterocycles. The molecule has 0 saturated heterocycles. The van der Waals surface area contributed by atoms with Gasteiger partial charge in [0.15, 0.2) is 0 Å². The Bertz CT molecular complexity index is 744. The van der Waals surface area contributed by atoms with Crippen LogP contribution in [0.15, 0.2) is 91.0 Å². The number of methoxy groups -OCH3 is 1. The average Bonchev–Trinajstić information content (AvgIpc) is 2.68. The van der Waals surface area contributed by atoms with Crippen LogP contribution in [0.4, 0.5) is 0 Å². The van der Waals surface area contributed by atoms with Gasteiger partial charge in [0.05, 0.1) is 0 Å². The van der Waals surface area contributed by atoms with Crippen LogP contribution < -0.4 is 4.74 Å². The van der Waals surface area contributed by atoms with Gasteiger partial charge in [-0.1, -0.05) is 78.9 Å². The maximum Gasteiger partial charge on any atom is 0.267 e. The molecule has 3 aromatic carbocycles. The molecule has 0 fully saturated rings. The Morgan fingerprint density at radius 2 is 1.25 bits per heavy atom. The average molecular weight is 320 g/mol. The summed E-state index contributed by atoms with van der Waals surface area (Å²) in [5, 5.41) is 11.1. The first kappa shape index (κ1) is 16.2. The lowest BCUT2D eigenvalue weighted by atomic mass is 9.94. The Balaban J connectivity index is 2.09. The predicted octanol–water partition coefficient (Wildman–Crippen LogP) is 4.30. The smallest absolute Gasteiger partial charge is 0.267 e. The van der Waals surface area contributed by atoms with E-state index in [-0.39, 0.29) is 0 Å². The van der Waals surface area contributed by atoms with Gasteiger partial charge in [-0.3, -0.25) is 0 Å². The third-order valence-corrected chi connectivity index (χ3v) is 3.97. The van der Waals surface area contributed by atoms with E-state index in [0.717, 1.165) is 11.1 Å². The number of aliphatic hydroxyl groups is 1. The molecule has 0 aliphatic rings. The number of para-hydroxylation sites is 1. The number of ether oxygens (including phenoxy) is 2. The molecule has 3 nitrogen and oxygen atoms in total. The van der Waals surface area contributed by atoms with Crippen LogP contribution in [0.5, 0.6) is 5.75 Å². The molecule has 0 saturated carbocycles. The fraction of sp³-hybridized carbons (Fsp3) is 0.143. The second-order valence-corrected chi connectivity index (χ2v) is 5.47. The van der Waals surface area contributed by atoms with Crippen LogP contribution >= 0.6 is 0 Å². The predicted molar refractivity (Wildman–Crippen MR) is 93.6 cm³/mol. The van der Waals surface area contributed by atoms with Crippen molar-refractivity contribution in [1.82, 2.24) is 0 Å². The summed E-state index contributed by atoms with van der Waals surface area (Å²) in [4.78, 5) is 0. The van der Waals surface area contributed by atoms with Crippen molar-refractivity contribution in [2.75, 3.05) is 7.11 Å². The van der Waals surface area contributed by atoms with Crippen molar-refractivity contribution >= 4 is 0 Å². The minimum Gasteiger partial charge on any atom is -0.455 e. The van der Waals surface area contributed by atoms with E-state index < -0.39 is 11.9 Å². The maximum atomic E-state index is 11.1. The van der Waals surface area contributed by atoms with Gasteiger partial charge in [0.2, 0.25) is 0 Å². The minimum absolute atomic E-state index is 0.623. The minimum atomic E-state index is -1.34. The van der Waals surface area contributed by atoms with Crippen molar-refractivity contribution in [3.8, 4) is 5.75 Å². The van der Waals surface area contributed by atoms with Crippen LogP contribution in [0, 0.1) is 0 Å². The zero-order valence-corrected chi connectivity index (χ0v) is 13.5. The summed E-state index contributed by atoms with van der Waals surface area (Å²) in [5.74, 6) is -0.720. The number of benzene rings is 3. The van der Waals surface area contributed by atoms with Gasteiger partial charge in [-0.15, -0.1) is 0 Å². The first-order valence-electron chi connectivity index (χ1n) is 7.84. The van der Waals surface area contributed by atoms with Crippen LogP contribution in [0.2, 0.25) is 0 Å². The number of aliphatic hydroxyl groups excluding tert-OH is 1. The third-order valence-electron chi connectivity index (χ3n) is 3.97. The number of hydrogen-bond donors (Lipinski definition) is 1. The molecule has 0 radical (unpaired) electrons. The molecule has 0 heterocycles. The molecule has 122 valence electrons. The van der Waals surface area contributed by atoms with Crippen molar-refractivity contribution in [2.24, 2.45) is 0 Å². The molecular weight excluding hydrogens is 300 g/mol. The Kier molecular flexibility index (Phi) is 4.94. The van der Waals surface area contributed by atoms with E-state index in [9.17, 15) is 5.11 Å². The van der Waals surface area contributed by atoms with Crippen LogP contribution in [0.3, 0.4) is 0 Å². The number of rotatable bonds is 6. The summed E-state index contributed by atoms with van der Waals surface area (Å²) < 4.78 is 12.0. The normalized spacial score (nSPS) is 14.6. The van der Waals surface area contributed by atoms with Gasteiger partial charge < -0.3 is 14.6 Å². The quantitative estimate of drug-likeness (QED) is 0.688. The van der Waals surface area contributed by atoms with Crippen molar-refractivity contribution in [1.29, 1.82) is 0 Å². The van der Waals surface area contributed by atoms with E-state index >= 15 is 0 Å². The van der Waals surface area contributed by atoms with Crippen molar-refractivity contribution in [3.63, 3.8) is 0 Å². The van der Waals surface area contributed by atoms with Gasteiger partial charge in [-0.05, 0) is 17.7 Å². The van der Waals surface area contributed by atoms with Crippen molar-refractivity contribution in [2.45, 2.75) is 11.9 Å². The van der Waals surface area contributed by atoms with Crippen molar-refractivity contribution in [3.05, 3.63) is 102 Å². The zero-order chi connectivity index (χ0) is 16.8. The molecule has 0 amide bonds. The monoisotopic (exact) mass is 320 g/mol. The highest BCUT2D eigenvalue weighted by Gasteiger charge is 2.43. The maximum absolute atomic E-state index is 11.1. The van der Waals surface area contributed by atoms with Crippen molar-refractivity contribution < 1.29 is 14.6 Å². The Hall–Kier alpha value is -2.62. The Morgan fingerprint density at radius 3 is 1.79 bits per heavy atom. The second-order valence-electron chi connectivity index (χ2n) is 5.47. The van der Waals surface area contributed by atoms with Gasteiger partial charge >= 0.3 is 0 Å². The summed E-state index contributed by atoms with van der Waals surface area (Å²) in [6, 6.07) is 28.2. The lowest BCUT2D eigenvalue weighted by molar-refractivity contribution is -0.237. The van der Waals surface area contributed by atoms with E-state index in [1.165, 1.54) is 0 Å². The van der Waals surface area contributed by atoms with Crippen LogP contribution in [0.1, 0.15) is 17.2 Å². The second kappa shape index (κ2) is 7.30. The Morgan fingerprint density at radius 1 is 0.750 bits per heavy atom. The molecular formula is C21H20O3. The summed E-state index contributed by atoms with van der Waals surface area (Å²) in [7, 11) is 1.54. The first-order chi connectivity index (χ1) is 11.8. The highest BCUT2D eigenvalue weighted by atomic mass is 16.7. The van der Waals surface area contributed by atoms with Gasteiger partial charge in [-0.25, -0.2) is 0 Å². The van der Waals surface area contributed by atoms with Gasteiger partial charge in [0.1, 0.15) is 11.9 Å². The molecule has 24 heavy (non-hydrogen) atoms. The van der Waals surface area contributed by atoms with Gasteiger partial charge in [0, 0.05) is 12.7 Å². The summed E-state index contributed by atoms with van der Waals surface area (Å²) in [5.41, 5.74) is 1.46. The fourth-order valence-electron chi connectivity index (χ4n) is 2.73. The lowest BCUT2D eigenvalue weighted by Gasteiger charge is -2.37. The van der Waals surface area contributed by atoms with Gasteiger partial charge in [-0.2, -0.15) is 0 Å². The highest BCUT2D eigenvalue weighted by Crippen LogP contribution is 2.40. The summed E-state index contributed by atoms with van der Waals surface area (Å²) >= 11 is 0. The molecule has 1 N–H and O–H groups in total. The summed E-state index contributed by atoms with van der Waals surface area (Å²) in [6.07, 6.45) is -0.994. The molecule has 2 unspecified atom stereocenters. The van der Waals surface area contributed by atoms with Gasteiger partial charge in [0.25, 0.3) is 5.79 Å². The van der Waals surface area contributed by atoms with E-state index in [2.05, 4.69) is 0 Å². The SMILES string of the molecule is COC(Oc1ccccc1)(c1ccccc1)C(O)c1ccccc1. The molecule has 0 aliphatic carbocycles. The molecule has 0 bridgehead atoms. The first-order valence-corrected chi connectivity index (χ1v) is 7.84. The van der Waals surface area contributed by atoms with Crippen LogP contribution in [-0.4, -0.2) is 12.2 Å². The molecule has 0 aromatic heterocycles. The number of hydrogen-bond acceptors (Lipinski definition) is 3. The third kappa shape index (κ3) is 3.18. The van der Waals surface area contributed by atoms with E-state index in [0.29, 0.717) is 5.75 Å². The van der Waals surface area contributed by atoms with E-state index in [4.69, 9.17) is 9.47 Å². The topological polar surface area (TPSA) is 38.7 Å². The van der Waals surface area contributed by atoms with E-state index in [1.54, 1.807) is 7.11 Å². The van der Waals surface area contributed by atoms with Crippen LogP contribution in [0.25, 0.3) is 0 Å². The molecule has 3 aromatic rings. The molecule has 3 rings (SSSR count). The molecule has 0 spiro atoms. The largest absolute Gasteiger partial charge is 0.455 e. The fourth-order valence-corrected chi connectivity index (χ4v) is 2.73. The van der Waals surface area contributed by atoms with Crippen LogP contribution in [-0.2, 0) is 10.5 Å². The highest BCUT2D eigenvalue weighted by molar-refractivity contribution is 5.31. The van der Waals surface area contributed by atoms with E-state index in [1.807, 2.05) is 91.0 Å².